The number of benzene rings is 1. The van der Waals surface area contributed by atoms with Gasteiger partial charge in [0.05, 0.1) is 16.4 Å². The van der Waals surface area contributed by atoms with Gasteiger partial charge in [0.1, 0.15) is 15.4 Å². The largest absolute Gasteiger partial charge is 0.397 e. The fourth-order valence-electron chi connectivity index (χ4n) is 3.80. The van der Waals surface area contributed by atoms with E-state index in [4.69, 9.17) is 17.3 Å². The quantitative estimate of drug-likeness (QED) is 0.510. The molecule has 3 N–H and O–H groups in total. The fraction of sp³-hybridized carbons (Fsp3) is 0.364. The molecule has 4 rings (SSSR count). The van der Waals surface area contributed by atoms with E-state index in [9.17, 15) is 13.6 Å². The van der Waals surface area contributed by atoms with Gasteiger partial charge in [-0.1, -0.05) is 17.7 Å². The first-order valence-corrected chi connectivity index (χ1v) is 11.4. The predicted molar refractivity (Wildman–Crippen MR) is 123 cm³/mol. The molecule has 1 fully saturated rings. The summed E-state index contributed by atoms with van der Waals surface area (Å²) in [5.74, 6) is -0.338. The number of nitrogen functional groups attached to an aromatic ring is 1. The van der Waals surface area contributed by atoms with Crippen molar-refractivity contribution in [3.63, 3.8) is 0 Å². The van der Waals surface area contributed by atoms with Crippen LogP contribution in [0.25, 0.3) is 10.2 Å². The lowest BCUT2D eigenvalue weighted by molar-refractivity contribution is 0.0959. The number of carbonyl (C=O) groups excluding carboxylic acids is 1. The number of amides is 1. The van der Waals surface area contributed by atoms with Gasteiger partial charge in [-0.2, -0.15) is 0 Å². The molecule has 5 nitrogen and oxygen atoms in total. The molecule has 1 aliphatic rings. The zero-order valence-corrected chi connectivity index (χ0v) is 18.4. The fourth-order valence-corrected chi connectivity index (χ4v) is 5.14. The molecule has 3 aromatic rings. The van der Waals surface area contributed by atoms with E-state index in [0.29, 0.717) is 23.2 Å². The Bertz CT molecular complexity index is 1100. The molecule has 0 atom stereocenters. The monoisotopic (exact) mass is 464 g/mol. The maximum absolute atomic E-state index is 12.9. The number of fused-ring (bicyclic) bond motifs is 1. The van der Waals surface area contributed by atoms with E-state index in [-0.39, 0.29) is 22.2 Å². The Balaban J connectivity index is 1.39. The molecule has 1 amide bonds. The molecule has 0 radical (unpaired) electrons. The summed E-state index contributed by atoms with van der Waals surface area (Å²) in [4.78, 5) is 19.4. The number of carbonyl (C=O) groups is 1. The van der Waals surface area contributed by atoms with Crippen LogP contribution < -0.4 is 16.0 Å². The van der Waals surface area contributed by atoms with Crippen LogP contribution in [0.4, 0.5) is 20.2 Å². The SMILES string of the molecule is Nc1c(C(=O)NCCc2ccc(N3CCCCC3)c(Cl)c2)sc2nc(C(F)F)ccc12. The van der Waals surface area contributed by atoms with Crippen molar-refractivity contribution in [1.29, 1.82) is 0 Å². The normalized spacial score (nSPS) is 14.4. The number of thiophene rings is 1. The highest BCUT2D eigenvalue weighted by Crippen LogP contribution is 2.34. The van der Waals surface area contributed by atoms with Crippen LogP contribution in [0, 0.1) is 0 Å². The summed E-state index contributed by atoms with van der Waals surface area (Å²) in [6, 6.07) is 8.74. The summed E-state index contributed by atoms with van der Waals surface area (Å²) in [6.45, 7) is 2.46. The maximum Gasteiger partial charge on any atom is 0.280 e. The number of hydrogen-bond acceptors (Lipinski definition) is 5. The lowest BCUT2D eigenvalue weighted by Gasteiger charge is -2.29. The molecule has 0 spiro atoms. The third-order valence-corrected chi connectivity index (χ3v) is 6.87. The predicted octanol–water partition coefficient (Wildman–Crippen LogP) is 5.43. The lowest BCUT2D eigenvalue weighted by Crippen LogP contribution is -2.29. The maximum atomic E-state index is 12.9. The van der Waals surface area contributed by atoms with Crippen molar-refractivity contribution in [1.82, 2.24) is 10.3 Å². The van der Waals surface area contributed by atoms with Crippen molar-refractivity contribution in [2.24, 2.45) is 0 Å². The van der Waals surface area contributed by atoms with E-state index in [1.807, 2.05) is 18.2 Å². The van der Waals surface area contributed by atoms with Gasteiger partial charge < -0.3 is 16.0 Å². The van der Waals surface area contributed by atoms with Crippen molar-refractivity contribution >= 4 is 50.4 Å². The van der Waals surface area contributed by atoms with Gasteiger partial charge in [0.15, 0.2) is 0 Å². The number of anilines is 2. The summed E-state index contributed by atoms with van der Waals surface area (Å²) in [6.07, 6.45) is 1.58. The highest BCUT2D eigenvalue weighted by Gasteiger charge is 2.19. The smallest absolute Gasteiger partial charge is 0.280 e. The van der Waals surface area contributed by atoms with Gasteiger partial charge in [-0.15, -0.1) is 11.3 Å². The van der Waals surface area contributed by atoms with Crippen molar-refractivity contribution in [3.05, 3.63) is 51.5 Å². The molecule has 164 valence electrons. The molecule has 2 aromatic heterocycles. The van der Waals surface area contributed by atoms with Crippen LogP contribution in [-0.4, -0.2) is 30.5 Å². The number of nitrogens with one attached hydrogen (secondary N) is 1. The standard InChI is InChI=1S/C22H23ClF2N4OS/c23-15-12-13(4-7-17(15)29-10-2-1-3-11-29)8-9-27-21(30)19-18(26)14-5-6-16(20(24)25)28-22(14)31-19/h4-7,12,20H,1-3,8-11,26H2,(H,27,30). The molecule has 9 heteroatoms. The van der Waals surface area contributed by atoms with Crippen LogP contribution >= 0.6 is 22.9 Å². The zero-order valence-electron chi connectivity index (χ0n) is 16.8. The topological polar surface area (TPSA) is 71.2 Å². The van der Waals surface area contributed by atoms with E-state index >= 15 is 0 Å². The Morgan fingerprint density at radius 3 is 2.71 bits per heavy atom. The van der Waals surface area contributed by atoms with Gasteiger partial charge in [-0.3, -0.25) is 4.79 Å². The van der Waals surface area contributed by atoms with Gasteiger partial charge in [0.25, 0.3) is 12.3 Å². The first-order valence-electron chi connectivity index (χ1n) is 10.2. The Kier molecular flexibility index (Phi) is 6.57. The molecule has 1 saturated heterocycles. The third kappa shape index (κ3) is 4.75. The second kappa shape index (κ2) is 9.36. The minimum atomic E-state index is -2.67. The first kappa shape index (κ1) is 21.8. The Morgan fingerprint density at radius 1 is 1.23 bits per heavy atom. The van der Waals surface area contributed by atoms with Crippen LogP contribution in [0.1, 0.15) is 46.6 Å². The highest BCUT2D eigenvalue weighted by atomic mass is 35.5. The van der Waals surface area contributed by atoms with Crippen molar-refractivity contribution in [3.8, 4) is 0 Å². The Labute approximate surface area is 188 Å². The van der Waals surface area contributed by atoms with Crippen molar-refractivity contribution < 1.29 is 13.6 Å². The summed E-state index contributed by atoms with van der Waals surface area (Å²) in [5, 5.41) is 4.08. The van der Waals surface area contributed by atoms with E-state index < -0.39 is 6.43 Å². The summed E-state index contributed by atoms with van der Waals surface area (Å²) in [5.41, 5.74) is 8.08. The zero-order chi connectivity index (χ0) is 22.0. The number of alkyl halides is 2. The van der Waals surface area contributed by atoms with Gasteiger partial charge >= 0.3 is 0 Å². The molecular weight excluding hydrogens is 442 g/mol. The van der Waals surface area contributed by atoms with E-state index in [2.05, 4.69) is 15.2 Å². The molecular formula is C22H23ClF2N4OS. The number of hydrogen-bond donors (Lipinski definition) is 2. The summed E-state index contributed by atoms with van der Waals surface area (Å²) >= 11 is 7.52. The van der Waals surface area contributed by atoms with Gasteiger partial charge in [0, 0.05) is 25.0 Å². The molecule has 0 aliphatic carbocycles. The van der Waals surface area contributed by atoms with Gasteiger partial charge in [-0.05, 0) is 55.5 Å². The summed E-state index contributed by atoms with van der Waals surface area (Å²) < 4.78 is 25.7. The van der Waals surface area contributed by atoms with E-state index in [1.54, 1.807) is 0 Å². The number of aromatic nitrogens is 1. The molecule has 3 heterocycles. The van der Waals surface area contributed by atoms with Gasteiger partial charge in [0.2, 0.25) is 0 Å². The van der Waals surface area contributed by atoms with Crippen LogP contribution in [0.2, 0.25) is 5.02 Å². The minimum absolute atomic E-state index is 0.264. The highest BCUT2D eigenvalue weighted by molar-refractivity contribution is 7.21. The second-order valence-corrected chi connectivity index (χ2v) is 8.98. The van der Waals surface area contributed by atoms with Crippen molar-refractivity contribution in [2.75, 3.05) is 30.3 Å². The molecule has 31 heavy (non-hydrogen) atoms. The first-order chi connectivity index (χ1) is 14.9. The third-order valence-electron chi connectivity index (χ3n) is 5.45. The molecule has 0 saturated carbocycles. The van der Waals surface area contributed by atoms with Crippen LogP contribution in [-0.2, 0) is 6.42 Å². The number of piperidine rings is 1. The Morgan fingerprint density at radius 2 is 2.00 bits per heavy atom. The molecule has 0 bridgehead atoms. The van der Waals surface area contributed by atoms with E-state index in [0.717, 1.165) is 40.7 Å². The number of rotatable bonds is 6. The van der Waals surface area contributed by atoms with Crippen LogP contribution in [0.15, 0.2) is 30.3 Å². The Hall–Kier alpha value is -2.45. The second-order valence-electron chi connectivity index (χ2n) is 7.57. The molecule has 1 aliphatic heterocycles. The minimum Gasteiger partial charge on any atom is -0.397 e. The van der Waals surface area contributed by atoms with Gasteiger partial charge in [-0.25, -0.2) is 13.8 Å². The van der Waals surface area contributed by atoms with Crippen LogP contribution in [0.5, 0.6) is 0 Å². The number of nitrogens with zero attached hydrogens (tertiary/aromatic N) is 2. The lowest BCUT2D eigenvalue weighted by atomic mass is 10.1. The average molecular weight is 465 g/mol. The average Bonchev–Trinajstić information content (AvgIpc) is 3.10. The number of nitrogens with two attached hydrogens (primary N) is 1. The number of pyridine rings is 1. The van der Waals surface area contributed by atoms with E-state index in [1.165, 1.54) is 31.4 Å². The van der Waals surface area contributed by atoms with Crippen LogP contribution in [0.3, 0.4) is 0 Å². The summed E-state index contributed by atoms with van der Waals surface area (Å²) in [7, 11) is 0. The number of halogens is 3. The van der Waals surface area contributed by atoms with Crippen molar-refractivity contribution in [2.45, 2.75) is 32.1 Å². The molecule has 0 unspecified atom stereocenters. The molecule has 1 aromatic carbocycles.